The molecule has 0 saturated heterocycles. The normalized spacial score (nSPS) is 13.5. The fourth-order valence-electron chi connectivity index (χ4n) is 3.68. The molecule has 4 aromatic rings. The van der Waals surface area contributed by atoms with Crippen LogP contribution in [0.25, 0.3) is 22.2 Å². The summed E-state index contributed by atoms with van der Waals surface area (Å²) in [5, 5.41) is 0.710. The fourth-order valence-corrected chi connectivity index (χ4v) is 3.68. The third kappa shape index (κ3) is 2.60. The number of hydrogen-bond acceptors (Lipinski definition) is 5. The summed E-state index contributed by atoms with van der Waals surface area (Å²) >= 11 is 0. The highest BCUT2D eigenvalue weighted by atomic mass is 16.1. The number of rotatable bonds is 1. The Balaban J connectivity index is 1.70. The van der Waals surface area contributed by atoms with Gasteiger partial charge >= 0.3 is 0 Å². The molecule has 142 valence electrons. The topological polar surface area (TPSA) is 88.6 Å². The molecule has 0 unspecified atom stereocenters. The van der Waals surface area contributed by atoms with Gasteiger partial charge in [-0.05, 0) is 24.3 Å². The van der Waals surface area contributed by atoms with Crippen LogP contribution in [0.15, 0.2) is 48.9 Å². The lowest BCUT2D eigenvalue weighted by atomic mass is 9.88. The zero-order chi connectivity index (χ0) is 20.3. The van der Waals surface area contributed by atoms with Gasteiger partial charge < -0.3 is 4.98 Å². The van der Waals surface area contributed by atoms with Gasteiger partial charge in [0, 0.05) is 46.0 Å². The minimum Gasteiger partial charge on any atom is -0.351 e. The SMILES string of the molecule is CC(C)(C)c1nccc(-c2ccc3[nH]c4c(c3c2)C(=O)c2cnccc2C4=O)n1. The van der Waals surface area contributed by atoms with Gasteiger partial charge in [-0.25, -0.2) is 9.97 Å². The van der Waals surface area contributed by atoms with Gasteiger partial charge in [-0.2, -0.15) is 0 Å². The average Bonchev–Trinajstić information content (AvgIpc) is 3.11. The van der Waals surface area contributed by atoms with E-state index in [-0.39, 0.29) is 17.0 Å². The van der Waals surface area contributed by atoms with Crippen molar-refractivity contribution in [1.29, 1.82) is 0 Å². The molecule has 0 spiro atoms. The van der Waals surface area contributed by atoms with Gasteiger partial charge in [-0.1, -0.05) is 26.8 Å². The van der Waals surface area contributed by atoms with Crippen LogP contribution in [-0.4, -0.2) is 31.5 Å². The molecule has 1 aliphatic rings. The number of H-pyrrole nitrogens is 1. The zero-order valence-corrected chi connectivity index (χ0v) is 16.3. The van der Waals surface area contributed by atoms with Crippen molar-refractivity contribution in [2.45, 2.75) is 26.2 Å². The molecule has 6 heteroatoms. The fraction of sp³-hybridized carbons (Fsp3) is 0.174. The van der Waals surface area contributed by atoms with E-state index in [1.54, 1.807) is 12.3 Å². The minimum atomic E-state index is -0.191. The minimum absolute atomic E-state index is 0.174. The highest BCUT2D eigenvalue weighted by Gasteiger charge is 2.33. The summed E-state index contributed by atoms with van der Waals surface area (Å²) in [6.45, 7) is 6.19. The van der Waals surface area contributed by atoms with Crippen molar-refractivity contribution in [3.63, 3.8) is 0 Å². The summed E-state index contributed by atoms with van der Waals surface area (Å²) in [6.07, 6.45) is 4.73. The van der Waals surface area contributed by atoms with E-state index in [9.17, 15) is 9.59 Å². The van der Waals surface area contributed by atoms with E-state index < -0.39 is 0 Å². The van der Waals surface area contributed by atoms with Crippen molar-refractivity contribution in [2.24, 2.45) is 0 Å². The molecule has 0 amide bonds. The maximum absolute atomic E-state index is 13.1. The molecule has 3 heterocycles. The molecular formula is C23H18N4O2. The lowest BCUT2D eigenvalue weighted by Crippen LogP contribution is -2.20. The van der Waals surface area contributed by atoms with Crippen LogP contribution < -0.4 is 0 Å². The molecule has 1 aromatic carbocycles. The molecule has 0 radical (unpaired) electrons. The first kappa shape index (κ1) is 17.4. The summed E-state index contributed by atoms with van der Waals surface area (Å²) in [5.41, 5.74) is 3.67. The number of carbonyl (C=O) groups is 2. The Bertz CT molecular complexity index is 1330. The molecule has 0 fully saturated rings. The predicted molar refractivity (Wildman–Crippen MR) is 109 cm³/mol. The number of aromatic nitrogens is 4. The zero-order valence-electron chi connectivity index (χ0n) is 16.3. The van der Waals surface area contributed by atoms with E-state index in [4.69, 9.17) is 4.98 Å². The number of fused-ring (bicyclic) bond motifs is 4. The van der Waals surface area contributed by atoms with Crippen molar-refractivity contribution < 1.29 is 9.59 Å². The molecule has 29 heavy (non-hydrogen) atoms. The first-order valence-electron chi connectivity index (χ1n) is 9.37. The summed E-state index contributed by atoms with van der Waals surface area (Å²) in [4.78, 5) is 42.3. The Labute approximate surface area is 167 Å². The van der Waals surface area contributed by atoms with Gasteiger partial charge in [-0.15, -0.1) is 0 Å². The quantitative estimate of drug-likeness (QED) is 0.472. The van der Waals surface area contributed by atoms with Crippen molar-refractivity contribution in [3.8, 4) is 11.3 Å². The summed E-state index contributed by atoms with van der Waals surface area (Å²) in [6, 6.07) is 9.16. The molecule has 6 nitrogen and oxygen atoms in total. The van der Waals surface area contributed by atoms with E-state index >= 15 is 0 Å². The highest BCUT2D eigenvalue weighted by Crippen LogP contribution is 2.34. The Morgan fingerprint density at radius 2 is 1.76 bits per heavy atom. The first-order chi connectivity index (χ1) is 13.8. The second kappa shape index (κ2) is 5.91. The highest BCUT2D eigenvalue weighted by molar-refractivity contribution is 6.32. The molecule has 1 N–H and O–H groups in total. The third-order valence-corrected chi connectivity index (χ3v) is 5.19. The molecule has 0 aliphatic heterocycles. The monoisotopic (exact) mass is 382 g/mol. The molecule has 1 aliphatic carbocycles. The summed E-state index contributed by atoms with van der Waals surface area (Å²) in [7, 11) is 0. The van der Waals surface area contributed by atoms with Crippen LogP contribution in [0.5, 0.6) is 0 Å². The number of aromatic amines is 1. The summed E-state index contributed by atoms with van der Waals surface area (Å²) in [5.74, 6) is 0.369. The number of ketones is 2. The van der Waals surface area contributed by atoms with Gasteiger partial charge in [0.25, 0.3) is 0 Å². The van der Waals surface area contributed by atoms with Crippen LogP contribution in [0.4, 0.5) is 0 Å². The van der Waals surface area contributed by atoms with Gasteiger partial charge in [-0.3, -0.25) is 14.6 Å². The van der Waals surface area contributed by atoms with Crippen LogP contribution in [0.2, 0.25) is 0 Å². The predicted octanol–water partition coefficient (Wildman–Crippen LogP) is 4.09. The molecule has 5 rings (SSSR count). The lowest BCUT2D eigenvalue weighted by Gasteiger charge is -2.17. The third-order valence-electron chi connectivity index (χ3n) is 5.19. The molecule has 0 atom stereocenters. The van der Waals surface area contributed by atoms with Gasteiger partial charge in [0.15, 0.2) is 5.78 Å². The Kier molecular flexibility index (Phi) is 3.55. The standard InChI is InChI=1S/C23H18N4O2/c1-23(2,3)22-25-9-7-16(27-22)12-4-5-17-14(10-12)18-19(26-17)21(29)13-6-8-24-11-15(13)20(18)28/h4-11,26H,1-3H3. The Hall–Kier alpha value is -3.67. The van der Waals surface area contributed by atoms with E-state index in [1.165, 1.54) is 12.4 Å². The van der Waals surface area contributed by atoms with Gasteiger partial charge in [0.05, 0.1) is 22.5 Å². The maximum atomic E-state index is 13.1. The van der Waals surface area contributed by atoms with Crippen LogP contribution >= 0.6 is 0 Å². The largest absolute Gasteiger partial charge is 0.351 e. The second-order valence-corrected chi connectivity index (χ2v) is 8.23. The number of pyridine rings is 1. The number of hydrogen-bond donors (Lipinski definition) is 1. The molecule has 0 bridgehead atoms. The van der Waals surface area contributed by atoms with Crippen LogP contribution in [0.1, 0.15) is 58.6 Å². The first-order valence-corrected chi connectivity index (χ1v) is 9.37. The smallest absolute Gasteiger partial charge is 0.210 e. The van der Waals surface area contributed by atoms with Crippen LogP contribution in [0.3, 0.4) is 0 Å². The maximum Gasteiger partial charge on any atom is 0.210 e. The average molecular weight is 382 g/mol. The van der Waals surface area contributed by atoms with E-state index in [0.29, 0.717) is 27.8 Å². The van der Waals surface area contributed by atoms with E-state index in [1.807, 2.05) is 24.3 Å². The van der Waals surface area contributed by atoms with Crippen LogP contribution in [0, 0.1) is 0 Å². The van der Waals surface area contributed by atoms with Crippen molar-refractivity contribution in [2.75, 3.05) is 0 Å². The van der Waals surface area contributed by atoms with E-state index in [2.05, 4.69) is 35.7 Å². The molecule has 3 aromatic heterocycles. The van der Waals surface area contributed by atoms with Gasteiger partial charge in [0.2, 0.25) is 5.78 Å². The molecular weight excluding hydrogens is 364 g/mol. The van der Waals surface area contributed by atoms with E-state index in [0.717, 1.165) is 22.6 Å². The van der Waals surface area contributed by atoms with Crippen LogP contribution in [-0.2, 0) is 5.41 Å². The lowest BCUT2D eigenvalue weighted by molar-refractivity contribution is 0.0977. The Morgan fingerprint density at radius 3 is 2.55 bits per heavy atom. The Morgan fingerprint density at radius 1 is 0.931 bits per heavy atom. The number of benzene rings is 1. The number of carbonyl (C=O) groups excluding carboxylic acids is 2. The van der Waals surface area contributed by atoms with Crippen molar-refractivity contribution in [3.05, 3.63) is 77.1 Å². The van der Waals surface area contributed by atoms with Crippen molar-refractivity contribution >= 4 is 22.5 Å². The number of nitrogens with zero attached hydrogens (tertiary/aromatic N) is 3. The van der Waals surface area contributed by atoms with Gasteiger partial charge in [0.1, 0.15) is 5.82 Å². The van der Waals surface area contributed by atoms with Crippen molar-refractivity contribution in [1.82, 2.24) is 19.9 Å². The molecule has 0 saturated carbocycles. The summed E-state index contributed by atoms with van der Waals surface area (Å²) < 4.78 is 0. The second-order valence-electron chi connectivity index (χ2n) is 8.23. The number of nitrogens with one attached hydrogen (secondary N) is 1.